The summed E-state index contributed by atoms with van der Waals surface area (Å²) in [5, 5.41) is 15.0. The van der Waals surface area contributed by atoms with Gasteiger partial charge in [0.2, 0.25) is 11.0 Å². The van der Waals surface area contributed by atoms with Crippen molar-refractivity contribution in [3.8, 4) is 5.75 Å². The van der Waals surface area contributed by atoms with Crippen molar-refractivity contribution in [2.75, 3.05) is 17.2 Å². The molecule has 0 fully saturated rings. The van der Waals surface area contributed by atoms with Crippen molar-refractivity contribution in [1.82, 2.24) is 10.2 Å². The van der Waals surface area contributed by atoms with Crippen molar-refractivity contribution < 1.29 is 14.3 Å². The number of aromatic nitrogens is 2. The second-order valence-corrected chi connectivity index (χ2v) is 8.00. The van der Waals surface area contributed by atoms with Crippen molar-refractivity contribution in [3.05, 3.63) is 65.2 Å². The predicted molar refractivity (Wildman–Crippen MR) is 118 cm³/mol. The lowest BCUT2D eigenvalue weighted by Crippen LogP contribution is -2.18. The van der Waals surface area contributed by atoms with E-state index in [9.17, 15) is 9.59 Å². The number of para-hydroxylation sites is 1. The zero-order chi connectivity index (χ0) is 21.3. The van der Waals surface area contributed by atoms with Gasteiger partial charge >= 0.3 is 0 Å². The molecule has 8 heteroatoms. The number of nitrogens with zero attached hydrogens (tertiary/aromatic N) is 2. The zero-order valence-electron chi connectivity index (χ0n) is 16.9. The van der Waals surface area contributed by atoms with E-state index in [0.29, 0.717) is 23.0 Å². The lowest BCUT2D eigenvalue weighted by atomic mass is 10.1. The van der Waals surface area contributed by atoms with Crippen molar-refractivity contribution in [3.63, 3.8) is 0 Å². The molecule has 2 N–H and O–H groups in total. The fourth-order valence-electron chi connectivity index (χ4n) is 2.50. The van der Waals surface area contributed by atoms with Crippen molar-refractivity contribution in [1.29, 1.82) is 0 Å². The summed E-state index contributed by atoms with van der Waals surface area (Å²) in [7, 11) is 0. The second-order valence-electron chi connectivity index (χ2n) is 6.94. The van der Waals surface area contributed by atoms with Gasteiger partial charge in [-0.25, -0.2) is 0 Å². The van der Waals surface area contributed by atoms with Crippen LogP contribution in [0.4, 0.5) is 10.8 Å². The minimum absolute atomic E-state index is 0.0669. The maximum Gasteiger partial charge on any atom is 0.257 e. The molecule has 0 saturated carbocycles. The maximum absolute atomic E-state index is 12.4. The zero-order valence-corrected chi connectivity index (χ0v) is 17.7. The fraction of sp³-hybridized carbons (Fsp3) is 0.273. The van der Waals surface area contributed by atoms with Crippen molar-refractivity contribution in [2.24, 2.45) is 5.92 Å². The van der Waals surface area contributed by atoms with Crippen LogP contribution in [0.15, 0.2) is 54.6 Å². The molecule has 7 nitrogen and oxygen atoms in total. The summed E-state index contributed by atoms with van der Waals surface area (Å²) in [6, 6.07) is 16.4. The van der Waals surface area contributed by atoms with Crippen LogP contribution < -0.4 is 15.4 Å². The average molecular weight is 425 g/mol. The Morgan fingerprint density at radius 2 is 1.73 bits per heavy atom. The first kappa shape index (κ1) is 21.4. The number of carbonyl (C=O) groups excluding carboxylic acids is 2. The summed E-state index contributed by atoms with van der Waals surface area (Å²) >= 11 is 1.35. The summed E-state index contributed by atoms with van der Waals surface area (Å²) in [6.07, 6.45) is 1.53. The molecule has 0 aliphatic carbocycles. The van der Waals surface area contributed by atoms with Gasteiger partial charge < -0.3 is 10.1 Å². The van der Waals surface area contributed by atoms with E-state index in [4.69, 9.17) is 4.74 Å². The molecule has 1 aromatic heterocycles. The Morgan fingerprint density at radius 3 is 2.43 bits per heavy atom. The smallest absolute Gasteiger partial charge is 0.257 e. The quantitative estimate of drug-likeness (QED) is 0.497. The molecule has 0 spiro atoms. The third-order valence-corrected chi connectivity index (χ3v) is 5.07. The molecule has 2 amide bonds. The normalized spacial score (nSPS) is 10.6. The fourth-order valence-corrected chi connectivity index (χ4v) is 3.27. The molecular weight excluding hydrogens is 400 g/mol. The molecular formula is C22H24N4O3S. The number of amides is 2. The van der Waals surface area contributed by atoms with Crippen LogP contribution in [0.25, 0.3) is 0 Å². The number of anilines is 2. The molecule has 3 rings (SSSR count). The molecule has 0 atom stereocenters. The number of ether oxygens (including phenoxy) is 1. The van der Waals surface area contributed by atoms with Gasteiger partial charge in [-0.3, -0.25) is 14.9 Å². The Kier molecular flexibility index (Phi) is 7.51. The van der Waals surface area contributed by atoms with Crippen LogP contribution in [0.1, 0.15) is 35.6 Å². The number of nitrogens with one attached hydrogen (secondary N) is 2. The molecule has 3 aromatic rings. The Hall–Kier alpha value is -3.26. The van der Waals surface area contributed by atoms with E-state index in [0.717, 1.165) is 23.6 Å². The minimum atomic E-state index is -0.271. The molecule has 0 bridgehead atoms. The highest BCUT2D eigenvalue weighted by Gasteiger charge is 2.12. The van der Waals surface area contributed by atoms with Crippen LogP contribution in [0.2, 0.25) is 0 Å². The first-order valence-corrected chi connectivity index (χ1v) is 10.6. The maximum atomic E-state index is 12.4. The molecule has 0 unspecified atom stereocenters. The van der Waals surface area contributed by atoms with E-state index in [1.165, 1.54) is 11.3 Å². The third-order valence-electron chi connectivity index (χ3n) is 4.17. The van der Waals surface area contributed by atoms with Crippen LogP contribution in [-0.2, 0) is 11.2 Å². The monoisotopic (exact) mass is 424 g/mol. The Labute approximate surface area is 179 Å². The van der Waals surface area contributed by atoms with E-state index in [1.807, 2.05) is 44.2 Å². The van der Waals surface area contributed by atoms with Gasteiger partial charge in [-0.1, -0.05) is 43.4 Å². The van der Waals surface area contributed by atoms with E-state index in [-0.39, 0.29) is 17.7 Å². The summed E-state index contributed by atoms with van der Waals surface area (Å²) in [4.78, 5) is 24.1. The number of hydrogen-bond acceptors (Lipinski definition) is 6. The SMILES string of the molecule is CC(C)C(=O)Nc1ccc(C(=O)Nc2nnc(CCCOc3ccccc3)s2)cc1. The van der Waals surface area contributed by atoms with Crippen molar-refractivity contribution in [2.45, 2.75) is 26.7 Å². The Morgan fingerprint density at radius 1 is 1.00 bits per heavy atom. The van der Waals surface area contributed by atoms with Gasteiger partial charge in [-0.2, -0.15) is 0 Å². The largest absolute Gasteiger partial charge is 0.494 e. The molecule has 156 valence electrons. The van der Waals surface area contributed by atoms with Gasteiger partial charge in [0.15, 0.2) is 0 Å². The summed E-state index contributed by atoms with van der Waals surface area (Å²) in [5.74, 6) is 0.400. The molecule has 1 heterocycles. The standard InChI is InChI=1S/C22H24N4O3S/c1-15(2)20(27)23-17-12-10-16(11-13-17)21(28)24-22-26-25-19(30-22)9-6-14-29-18-7-4-3-5-8-18/h3-5,7-8,10-13,15H,6,9,14H2,1-2H3,(H,23,27)(H,24,26,28). The van der Waals surface area contributed by atoms with E-state index in [1.54, 1.807) is 24.3 Å². The first-order valence-electron chi connectivity index (χ1n) is 9.74. The van der Waals surface area contributed by atoms with Crippen LogP contribution in [0.5, 0.6) is 5.75 Å². The van der Waals surface area contributed by atoms with Gasteiger partial charge in [-0.05, 0) is 42.8 Å². The lowest BCUT2D eigenvalue weighted by molar-refractivity contribution is -0.118. The number of aryl methyl sites for hydroxylation is 1. The van der Waals surface area contributed by atoms with Crippen LogP contribution in [0, 0.1) is 5.92 Å². The highest BCUT2D eigenvalue weighted by molar-refractivity contribution is 7.15. The molecule has 0 saturated heterocycles. The van der Waals surface area contributed by atoms with Crippen molar-refractivity contribution >= 4 is 34.0 Å². The third kappa shape index (κ3) is 6.38. The number of rotatable bonds is 9. The van der Waals surface area contributed by atoms with Gasteiger partial charge in [0.1, 0.15) is 10.8 Å². The van der Waals surface area contributed by atoms with Crippen LogP contribution in [-0.4, -0.2) is 28.6 Å². The molecule has 30 heavy (non-hydrogen) atoms. The summed E-state index contributed by atoms with van der Waals surface area (Å²) < 4.78 is 5.66. The highest BCUT2D eigenvalue weighted by atomic mass is 32.1. The molecule has 0 radical (unpaired) electrons. The van der Waals surface area contributed by atoms with Gasteiger partial charge in [0.25, 0.3) is 5.91 Å². The summed E-state index contributed by atoms with van der Waals surface area (Å²) in [5.41, 5.74) is 1.13. The Bertz CT molecular complexity index is 972. The van der Waals surface area contributed by atoms with E-state index in [2.05, 4.69) is 20.8 Å². The van der Waals surface area contributed by atoms with E-state index >= 15 is 0 Å². The highest BCUT2D eigenvalue weighted by Crippen LogP contribution is 2.19. The van der Waals surface area contributed by atoms with Crippen LogP contribution in [0.3, 0.4) is 0 Å². The average Bonchev–Trinajstić information content (AvgIpc) is 3.19. The summed E-state index contributed by atoms with van der Waals surface area (Å²) in [6.45, 7) is 4.23. The molecule has 2 aromatic carbocycles. The Balaban J connectivity index is 1.45. The topological polar surface area (TPSA) is 93.2 Å². The minimum Gasteiger partial charge on any atom is -0.494 e. The number of carbonyl (C=O) groups is 2. The predicted octanol–water partition coefficient (Wildman–Crippen LogP) is 4.40. The molecule has 0 aliphatic heterocycles. The van der Waals surface area contributed by atoms with Crippen LogP contribution >= 0.6 is 11.3 Å². The first-order chi connectivity index (χ1) is 14.5. The number of benzene rings is 2. The van der Waals surface area contributed by atoms with E-state index < -0.39 is 0 Å². The molecule has 0 aliphatic rings. The number of hydrogen-bond donors (Lipinski definition) is 2. The second kappa shape index (κ2) is 10.5. The lowest BCUT2D eigenvalue weighted by Gasteiger charge is -2.08. The van der Waals surface area contributed by atoms with Gasteiger partial charge in [0.05, 0.1) is 6.61 Å². The van der Waals surface area contributed by atoms with Gasteiger partial charge in [-0.15, -0.1) is 10.2 Å². The van der Waals surface area contributed by atoms with Gasteiger partial charge in [0, 0.05) is 23.6 Å².